The normalized spacial score (nSPS) is 14.3. The average molecular weight is 263 g/mol. The highest BCUT2D eigenvalue weighted by molar-refractivity contribution is 5.25. The van der Waals surface area contributed by atoms with Crippen LogP contribution in [-0.4, -0.2) is 26.8 Å². The summed E-state index contributed by atoms with van der Waals surface area (Å²) < 4.78 is 5.16. The predicted octanol–water partition coefficient (Wildman–Crippen LogP) is 3.76. The van der Waals surface area contributed by atoms with Crippen molar-refractivity contribution in [1.82, 2.24) is 5.32 Å². The molecule has 0 aliphatic rings. The molecule has 19 heavy (non-hydrogen) atoms. The van der Waals surface area contributed by atoms with Gasteiger partial charge in [0.05, 0.1) is 0 Å². The molecule has 0 radical (unpaired) electrons. The van der Waals surface area contributed by atoms with Crippen LogP contribution in [0, 0.1) is 0 Å². The van der Waals surface area contributed by atoms with Crippen LogP contribution < -0.4 is 5.32 Å². The van der Waals surface area contributed by atoms with Crippen LogP contribution in [0.2, 0.25) is 0 Å². The second-order valence-electron chi connectivity index (χ2n) is 5.23. The Morgan fingerprint density at radius 3 is 2.42 bits per heavy atom. The molecule has 2 heteroatoms. The number of ether oxygens (including phenoxy) is 1. The Morgan fingerprint density at radius 2 is 1.84 bits per heavy atom. The van der Waals surface area contributed by atoms with Gasteiger partial charge >= 0.3 is 0 Å². The summed E-state index contributed by atoms with van der Waals surface area (Å²) in [6.45, 7) is 7.45. The summed E-state index contributed by atoms with van der Waals surface area (Å²) in [5, 5.41) is 3.55. The number of benzene rings is 1. The third-order valence-electron chi connectivity index (χ3n) is 4.03. The zero-order valence-corrected chi connectivity index (χ0v) is 12.7. The Bertz CT molecular complexity index is 325. The van der Waals surface area contributed by atoms with Crippen molar-refractivity contribution < 1.29 is 4.74 Å². The van der Waals surface area contributed by atoms with Crippen LogP contribution in [-0.2, 0) is 10.2 Å². The number of likely N-dealkylation sites (N-methyl/N-ethyl adjacent to an activating group) is 1. The largest absolute Gasteiger partial charge is 0.385 e. The first-order valence-corrected chi connectivity index (χ1v) is 7.54. The van der Waals surface area contributed by atoms with Crippen LogP contribution in [0.1, 0.15) is 45.1 Å². The van der Waals surface area contributed by atoms with Crippen LogP contribution in [0.3, 0.4) is 0 Å². The predicted molar refractivity (Wildman–Crippen MR) is 82.7 cm³/mol. The van der Waals surface area contributed by atoms with E-state index in [1.807, 2.05) is 0 Å². The monoisotopic (exact) mass is 263 g/mol. The van der Waals surface area contributed by atoms with Gasteiger partial charge in [-0.3, -0.25) is 0 Å². The Balaban J connectivity index is 2.75. The van der Waals surface area contributed by atoms with E-state index < -0.39 is 0 Å². The van der Waals surface area contributed by atoms with E-state index in [2.05, 4.69) is 49.5 Å². The Hall–Kier alpha value is -0.860. The summed E-state index contributed by atoms with van der Waals surface area (Å²) in [5.74, 6) is 0. The number of hydrogen-bond acceptors (Lipinski definition) is 2. The highest BCUT2D eigenvalue weighted by atomic mass is 16.5. The molecule has 0 saturated carbocycles. The lowest BCUT2D eigenvalue weighted by Crippen LogP contribution is -2.38. The van der Waals surface area contributed by atoms with Crippen molar-refractivity contribution in [2.45, 2.75) is 44.9 Å². The first-order chi connectivity index (χ1) is 9.29. The van der Waals surface area contributed by atoms with Gasteiger partial charge in [-0.2, -0.15) is 0 Å². The zero-order chi connectivity index (χ0) is 14.0. The molecule has 0 amide bonds. The zero-order valence-electron chi connectivity index (χ0n) is 12.7. The molecule has 0 fully saturated rings. The van der Waals surface area contributed by atoms with Crippen LogP contribution in [0.25, 0.3) is 0 Å². The SMILES string of the molecule is CCNCC(CC)(CCCCOC)c1ccccc1. The van der Waals surface area contributed by atoms with Crippen molar-refractivity contribution in [3.8, 4) is 0 Å². The second-order valence-corrected chi connectivity index (χ2v) is 5.23. The lowest BCUT2D eigenvalue weighted by Gasteiger charge is -2.34. The van der Waals surface area contributed by atoms with E-state index >= 15 is 0 Å². The molecule has 1 atom stereocenters. The molecule has 1 unspecified atom stereocenters. The van der Waals surface area contributed by atoms with Gasteiger partial charge in [0, 0.05) is 25.7 Å². The molecule has 1 aromatic rings. The smallest absolute Gasteiger partial charge is 0.0462 e. The summed E-state index contributed by atoms with van der Waals surface area (Å²) in [5.41, 5.74) is 1.74. The number of methoxy groups -OCH3 is 1. The highest BCUT2D eigenvalue weighted by Crippen LogP contribution is 2.33. The number of hydrogen-bond donors (Lipinski definition) is 1. The Labute approximate surface area is 118 Å². The molecule has 0 heterocycles. The van der Waals surface area contributed by atoms with E-state index in [9.17, 15) is 0 Å². The fourth-order valence-corrected chi connectivity index (χ4v) is 2.71. The molecule has 1 rings (SSSR count). The first-order valence-electron chi connectivity index (χ1n) is 7.54. The topological polar surface area (TPSA) is 21.3 Å². The van der Waals surface area contributed by atoms with Crippen molar-refractivity contribution in [3.63, 3.8) is 0 Å². The van der Waals surface area contributed by atoms with Crippen molar-refractivity contribution in [2.75, 3.05) is 26.8 Å². The summed E-state index contributed by atoms with van der Waals surface area (Å²) in [6.07, 6.45) is 4.78. The van der Waals surface area contributed by atoms with Gasteiger partial charge < -0.3 is 10.1 Å². The van der Waals surface area contributed by atoms with Crippen LogP contribution >= 0.6 is 0 Å². The number of nitrogens with one attached hydrogen (secondary N) is 1. The summed E-state index contributed by atoms with van der Waals surface area (Å²) in [7, 11) is 1.78. The summed E-state index contributed by atoms with van der Waals surface area (Å²) in [4.78, 5) is 0. The maximum absolute atomic E-state index is 5.16. The minimum atomic E-state index is 0.269. The van der Waals surface area contributed by atoms with Gasteiger partial charge in [-0.05, 0) is 31.4 Å². The van der Waals surface area contributed by atoms with Crippen molar-refractivity contribution in [2.24, 2.45) is 0 Å². The van der Waals surface area contributed by atoms with Gasteiger partial charge in [0.2, 0.25) is 0 Å². The van der Waals surface area contributed by atoms with Gasteiger partial charge in [-0.25, -0.2) is 0 Å². The van der Waals surface area contributed by atoms with Crippen LogP contribution in [0.4, 0.5) is 0 Å². The molecule has 1 aromatic carbocycles. The molecule has 108 valence electrons. The number of unbranched alkanes of at least 4 members (excludes halogenated alkanes) is 1. The lowest BCUT2D eigenvalue weighted by molar-refractivity contribution is 0.188. The van der Waals surface area contributed by atoms with E-state index in [-0.39, 0.29) is 5.41 Å². The Morgan fingerprint density at radius 1 is 1.11 bits per heavy atom. The highest BCUT2D eigenvalue weighted by Gasteiger charge is 2.29. The Kier molecular flexibility index (Phi) is 7.76. The fraction of sp³-hybridized carbons (Fsp3) is 0.647. The molecule has 2 nitrogen and oxygen atoms in total. The standard InChI is InChI=1S/C17H29NO/c1-4-17(15-18-5-2,13-9-10-14-19-3)16-11-7-6-8-12-16/h6-8,11-12,18H,4-5,9-10,13-15H2,1-3H3. The molecular formula is C17H29NO. The quantitative estimate of drug-likeness (QED) is 0.649. The lowest BCUT2D eigenvalue weighted by atomic mass is 9.74. The fourth-order valence-electron chi connectivity index (χ4n) is 2.71. The van der Waals surface area contributed by atoms with E-state index in [1.54, 1.807) is 7.11 Å². The van der Waals surface area contributed by atoms with E-state index in [0.29, 0.717) is 0 Å². The van der Waals surface area contributed by atoms with Crippen LogP contribution in [0.5, 0.6) is 0 Å². The van der Waals surface area contributed by atoms with E-state index in [0.717, 1.165) is 26.1 Å². The number of rotatable bonds is 10. The minimum Gasteiger partial charge on any atom is -0.385 e. The van der Waals surface area contributed by atoms with Gasteiger partial charge in [0.25, 0.3) is 0 Å². The third kappa shape index (κ3) is 4.96. The molecule has 0 aromatic heterocycles. The summed E-state index contributed by atoms with van der Waals surface area (Å²) >= 11 is 0. The van der Waals surface area contributed by atoms with E-state index in [1.165, 1.54) is 24.8 Å². The van der Waals surface area contributed by atoms with Gasteiger partial charge in [0.1, 0.15) is 0 Å². The molecule has 0 spiro atoms. The summed E-state index contributed by atoms with van der Waals surface area (Å²) in [6, 6.07) is 11.0. The minimum absolute atomic E-state index is 0.269. The van der Waals surface area contributed by atoms with Gasteiger partial charge in [0.15, 0.2) is 0 Å². The van der Waals surface area contributed by atoms with Crippen molar-refractivity contribution in [1.29, 1.82) is 0 Å². The van der Waals surface area contributed by atoms with E-state index in [4.69, 9.17) is 4.74 Å². The van der Waals surface area contributed by atoms with Gasteiger partial charge in [-0.1, -0.05) is 50.6 Å². The third-order valence-corrected chi connectivity index (χ3v) is 4.03. The van der Waals surface area contributed by atoms with Crippen molar-refractivity contribution >= 4 is 0 Å². The van der Waals surface area contributed by atoms with Crippen molar-refractivity contribution in [3.05, 3.63) is 35.9 Å². The molecule has 0 bridgehead atoms. The second kappa shape index (κ2) is 9.11. The van der Waals surface area contributed by atoms with Crippen LogP contribution in [0.15, 0.2) is 30.3 Å². The molecule has 0 aliphatic heterocycles. The first kappa shape index (κ1) is 16.2. The maximum Gasteiger partial charge on any atom is 0.0462 e. The maximum atomic E-state index is 5.16. The van der Waals surface area contributed by atoms with Gasteiger partial charge in [-0.15, -0.1) is 0 Å². The average Bonchev–Trinajstić information content (AvgIpc) is 2.48. The molecule has 1 N–H and O–H groups in total. The molecule has 0 aliphatic carbocycles. The molecular weight excluding hydrogens is 234 g/mol. The molecule has 0 saturated heterocycles.